The summed E-state index contributed by atoms with van der Waals surface area (Å²) in [5, 5.41) is 8.44. The van der Waals surface area contributed by atoms with E-state index in [1.807, 2.05) is 0 Å². The number of nitrogens with one attached hydrogen (secondary N) is 1. The van der Waals surface area contributed by atoms with Crippen molar-refractivity contribution < 1.29 is 0 Å². The molecule has 1 aromatic rings. The van der Waals surface area contributed by atoms with Crippen molar-refractivity contribution in [2.75, 3.05) is 6.54 Å². The van der Waals surface area contributed by atoms with Gasteiger partial charge in [0.15, 0.2) is 0 Å². The third-order valence-corrected chi connectivity index (χ3v) is 4.73. The average Bonchev–Trinajstić information content (AvgIpc) is 2.93. The predicted octanol–water partition coefficient (Wildman–Crippen LogP) is 3.32. The van der Waals surface area contributed by atoms with Gasteiger partial charge in [0, 0.05) is 12.2 Å². The fourth-order valence-corrected chi connectivity index (χ4v) is 3.45. The predicted molar refractivity (Wildman–Crippen MR) is 78.2 cm³/mol. The van der Waals surface area contributed by atoms with Crippen LogP contribution in [0.2, 0.25) is 0 Å². The number of aromatic nitrogens is 2. The topological polar surface area (TPSA) is 29.9 Å². The van der Waals surface area contributed by atoms with Gasteiger partial charge in [0.1, 0.15) is 0 Å². The van der Waals surface area contributed by atoms with E-state index < -0.39 is 0 Å². The molecule has 3 rings (SSSR count). The fourth-order valence-electron chi connectivity index (χ4n) is 3.45. The molecule has 1 atom stereocenters. The summed E-state index contributed by atoms with van der Waals surface area (Å²) in [5.74, 6) is 0.942. The Morgan fingerprint density at radius 2 is 2.11 bits per heavy atom. The van der Waals surface area contributed by atoms with E-state index in [9.17, 15) is 0 Å². The molecule has 3 heteroatoms. The Bertz CT molecular complexity index is 388. The van der Waals surface area contributed by atoms with Crippen LogP contribution in [-0.4, -0.2) is 22.4 Å². The molecule has 0 aromatic carbocycles. The lowest BCUT2D eigenvalue weighted by molar-refractivity contribution is 0.436. The van der Waals surface area contributed by atoms with E-state index in [1.165, 1.54) is 50.6 Å². The standard InChI is InChI=1S/C16H27N3/c1-2-17-16(13-7-8-13)10-9-14-11-12-19(18-14)15-5-3-4-6-15/h11-13,15-17H,2-10H2,1H3. The van der Waals surface area contributed by atoms with Gasteiger partial charge in [0.2, 0.25) is 0 Å². The molecule has 0 bridgehead atoms. The Morgan fingerprint density at radius 1 is 1.32 bits per heavy atom. The lowest BCUT2D eigenvalue weighted by Crippen LogP contribution is -2.31. The first-order chi connectivity index (χ1) is 9.36. The molecule has 0 spiro atoms. The van der Waals surface area contributed by atoms with E-state index in [0.29, 0.717) is 6.04 Å². The molecule has 0 amide bonds. The number of nitrogens with zero attached hydrogens (tertiary/aromatic N) is 2. The van der Waals surface area contributed by atoms with Gasteiger partial charge in [-0.1, -0.05) is 19.8 Å². The number of rotatable bonds is 7. The first-order valence-electron chi connectivity index (χ1n) is 8.14. The SMILES string of the molecule is CCNC(CCc1ccn(C2CCCC2)n1)C1CC1. The number of hydrogen-bond acceptors (Lipinski definition) is 2. The lowest BCUT2D eigenvalue weighted by atomic mass is 10.1. The van der Waals surface area contributed by atoms with Crippen molar-refractivity contribution in [2.45, 2.75) is 70.4 Å². The normalized spacial score (nSPS) is 21.9. The highest BCUT2D eigenvalue weighted by atomic mass is 15.3. The number of aryl methyl sites for hydroxylation is 1. The van der Waals surface area contributed by atoms with E-state index >= 15 is 0 Å². The summed E-state index contributed by atoms with van der Waals surface area (Å²) in [6.45, 7) is 3.31. The molecule has 3 nitrogen and oxygen atoms in total. The fraction of sp³-hybridized carbons (Fsp3) is 0.812. The molecule has 2 aliphatic rings. The largest absolute Gasteiger partial charge is 0.314 e. The minimum Gasteiger partial charge on any atom is -0.314 e. The Hall–Kier alpha value is -0.830. The smallest absolute Gasteiger partial charge is 0.0625 e. The van der Waals surface area contributed by atoms with Gasteiger partial charge in [-0.05, 0) is 57.1 Å². The molecule has 106 valence electrons. The lowest BCUT2D eigenvalue weighted by Gasteiger charge is -2.16. The van der Waals surface area contributed by atoms with E-state index in [2.05, 4.69) is 29.2 Å². The summed E-state index contributed by atoms with van der Waals surface area (Å²) < 4.78 is 2.22. The van der Waals surface area contributed by atoms with Crippen molar-refractivity contribution in [1.29, 1.82) is 0 Å². The highest BCUT2D eigenvalue weighted by molar-refractivity contribution is 5.02. The molecule has 1 unspecified atom stereocenters. The van der Waals surface area contributed by atoms with E-state index in [0.717, 1.165) is 24.9 Å². The molecule has 2 aliphatic carbocycles. The van der Waals surface area contributed by atoms with Crippen LogP contribution >= 0.6 is 0 Å². The molecular weight excluding hydrogens is 234 g/mol. The van der Waals surface area contributed by atoms with E-state index in [4.69, 9.17) is 5.10 Å². The van der Waals surface area contributed by atoms with Crippen LogP contribution in [0.3, 0.4) is 0 Å². The van der Waals surface area contributed by atoms with Crippen molar-refractivity contribution in [3.05, 3.63) is 18.0 Å². The van der Waals surface area contributed by atoms with Crippen LogP contribution in [0, 0.1) is 5.92 Å². The van der Waals surface area contributed by atoms with Gasteiger partial charge in [0.25, 0.3) is 0 Å². The number of hydrogen-bond donors (Lipinski definition) is 1. The van der Waals surface area contributed by atoms with Crippen LogP contribution in [0.25, 0.3) is 0 Å². The summed E-state index contributed by atoms with van der Waals surface area (Å²) in [6, 6.07) is 3.64. The molecular formula is C16H27N3. The van der Waals surface area contributed by atoms with Crippen LogP contribution in [0.15, 0.2) is 12.3 Å². The van der Waals surface area contributed by atoms with Gasteiger partial charge in [-0.15, -0.1) is 0 Å². The zero-order valence-electron chi connectivity index (χ0n) is 12.1. The van der Waals surface area contributed by atoms with Gasteiger partial charge in [-0.2, -0.15) is 5.10 Å². The quantitative estimate of drug-likeness (QED) is 0.816. The zero-order chi connectivity index (χ0) is 13.1. The van der Waals surface area contributed by atoms with Crippen molar-refractivity contribution in [1.82, 2.24) is 15.1 Å². The molecule has 0 saturated heterocycles. The highest BCUT2D eigenvalue weighted by Crippen LogP contribution is 2.34. The molecule has 19 heavy (non-hydrogen) atoms. The molecule has 1 aromatic heterocycles. The minimum absolute atomic E-state index is 0.682. The molecule has 0 aliphatic heterocycles. The van der Waals surface area contributed by atoms with Crippen LogP contribution in [0.4, 0.5) is 0 Å². The summed E-state index contributed by atoms with van der Waals surface area (Å²) >= 11 is 0. The summed E-state index contributed by atoms with van der Waals surface area (Å²) in [6.07, 6.45) is 12.8. The average molecular weight is 261 g/mol. The van der Waals surface area contributed by atoms with Gasteiger partial charge in [-0.25, -0.2) is 0 Å². The Kier molecular flexibility index (Phi) is 4.21. The third-order valence-electron chi connectivity index (χ3n) is 4.73. The second kappa shape index (κ2) is 6.08. The zero-order valence-corrected chi connectivity index (χ0v) is 12.1. The second-order valence-electron chi connectivity index (χ2n) is 6.27. The first kappa shape index (κ1) is 13.2. The van der Waals surface area contributed by atoms with Crippen molar-refractivity contribution in [2.24, 2.45) is 5.92 Å². The van der Waals surface area contributed by atoms with Gasteiger partial charge in [-0.3, -0.25) is 4.68 Å². The van der Waals surface area contributed by atoms with Crippen LogP contribution in [-0.2, 0) is 6.42 Å². The van der Waals surface area contributed by atoms with Crippen LogP contribution < -0.4 is 5.32 Å². The van der Waals surface area contributed by atoms with Gasteiger partial charge in [0.05, 0.1) is 11.7 Å². The molecule has 0 radical (unpaired) electrons. The molecule has 2 saturated carbocycles. The van der Waals surface area contributed by atoms with E-state index in [1.54, 1.807) is 0 Å². The molecule has 2 fully saturated rings. The molecule has 1 N–H and O–H groups in total. The van der Waals surface area contributed by atoms with Crippen molar-refractivity contribution in [3.63, 3.8) is 0 Å². The van der Waals surface area contributed by atoms with Crippen molar-refractivity contribution in [3.8, 4) is 0 Å². The summed E-state index contributed by atoms with van der Waals surface area (Å²) in [7, 11) is 0. The van der Waals surface area contributed by atoms with Crippen molar-refractivity contribution >= 4 is 0 Å². The van der Waals surface area contributed by atoms with Gasteiger partial charge >= 0.3 is 0 Å². The maximum absolute atomic E-state index is 4.79. The Balaban J connectivity index is 1.51. The van der Waals surface area contributed by atoms with E-state index in [-0.39, 0.29) is 0 Å². The highest BCUT2D eigenvalue weighted by Gasteiger charge is 2.30. The maximum atomic E-state index is 4.79. The minimum atomic E-state index is 0.682. The van der Waals surface area contributed by atoms with Crippen LogP contribution in [0.1, 0.15) is 63.6 Å². The van der Waals surface area contributed by atoms with Gasteiger partial charge < -0.3 is 5.32 Å². The monoisotopic (exact) mass is 261 g/mol. The third kappa shape index (κ3) is 3.38. The molecule has 1 heterocycles. The summed E-state index contributed by atoms with van der Waals surface area (Å²) in [5.41, 5.74) is 1.29. The van der Waals surface area contributed by atoms with Crippen LogP contribution in [0.5, 0.6) is 0 Å². The maximum Gasteiger partial charge on any atom is 0.0625 e. The second-order valence-corrected chi connectivity index (χ2v) is 6.27. The first-order valence-corrected chi connectivity index (χ1v) is 8.14. The Morgan fingerprint density at radius 3 is 2.79 bits per heavy atom. The summed E-state index contributed by atoms with van der Waals surface area (Å²) in [4.78, 5) is 0. The Labute approximate surface area is 116 Å².